The van der Waals surface area contributed by atoms with Crippen molar-refractivity contribution in [3.63, 3.8) is 0 Å². The molecule has 0 aliphatic carbocycles. The van der Waals surface area contributed by atoms with E-state index in [2.05, 4.69) is 50.0 Å². The molecule has 0 aliphatic rings. The van der Waals surface area contributed by atoms with E-state index in [0.29, 0.717) is 0 Å². The summed E-state index contributed by atoms with van der Waals surface area (Å²) in [7, 11) is -1.21. The molecule has 2 rings (SSSR count). The molecule has 0 bridgehead atoms. The van der Waals surface area contributed by atoms with E-state index < -0.39 is 8.07 Å². The summed E-state index contributed by atoms with van der Waals surface area (Å²) in [4.78, 5) is 11.6. The summed E-state index contributed by atoms with van der Waals surface area (Å²) in [5.74, 6) is 0.152. The molecule has 21 heavy (non-hydrogen) atoms. The molecular weight excluding hydrogens is 272 g/mol. The van der Waals surface area contributed by atoms with Crippen molar-refractivity contribution in [2.75, 3.05) is 0 Å². The molecule has 0 N–H and O–H groups in total. The van der Waals surface area contributed by atoms with Gasteiger partial charge in [0.2, 0.25) is 0 Å². The smallest absolute Gasteiger partial charge is 0.160 e. The van der Waals surface area contributed by atoms with Crippen molar-refractivity contribution in [3.8, 4) is 0 Å². The molecule has 0 spiro atoms. The Morgan fingerprint density at radius 2 is 1.52 bits per heavy atom. The van der Waals surface area contributed by atoms with Gasteiger partial charge in [-0.05, 0) is 30.9 Å². The van der Waals surface area contributed by atoms with Gasteiger partial charge in [-0.1, -0.05) is 73.4 Å². The topological polar surface area (TPSA) is 17.1 Å². The van der Waals surface area contributed by atoms with Crippen molar-refractivity contribution in [1.29, 1.82) is 0 Å². The first-order chi connectivity index (χ1) is 9.88. The average molecular weight is 296 g/mol. The summed E-state index contributed by atoms with van der Waals surface area (Å²) in [6.07, 6.45) is 1.90. The van der Waals surface area contributed by atoms with E-state index in [-0.39, 0.29) is 5.78 Å². The van der Waals surface area contributed by atoms with Crippen LogP contribution in [0, 0.1) is 0 Å². The highest BCUT2D eigenvalue weighted by Gasteiger charge is 2.15. The van der Waals surface area contributed by atoms with Gasteiger partial charge in [0.15, 0.2) is 5.78 Å². The summed E-state index contributed by atoms with van der Waals surface area (Å²) < 4.78 is 0. The summed E-state index contributed by atoms with van der Waals surface area (Å²) in [5, 5.41) is 1.50. The third-order valence-corrected chi connectivity index (χ3v) is 5.97. The maximum atomic E-state index is 11.6. The Labute approximate surface area is 129 Å². The molecule has 0 amide bonds. The third-order valence-electron chi connectivity index (χ3n) is 3.90. The van der Waals surface area contributed by atoms with Crippen molar-refractivity contribution in [1.82, 2.24) is 0 Å². The minimum atomic E-state index is -1.21. The van der Waals surface area contributed by atoms with Crippen LogP contribution in [0.2, 0.25) is 19.6 Å². The Morgan fingerprint density at radius 1 is 0.905 bits per heavy atom. The van der Waals surface area contributed by atoms with E-state index in [1.807, 2.05) is 18.2 Å². The van der Waals surface area contributed by atoms with Crippen molar-refractivity contribution in [2.24, 2.45) is 0 Å². The highest BCUT2D eigenvalue weighted by Crippen LogP contribution is 2.13. The molecule has 1 nitrogen and oxygen atoms in total. The van der Waals surface area contributed by atoms with Crippen LogP contribution >= 0.6 is 0 Å². The van der Waals surface area contributed by atoms with Crippen LogP contribution in [-0.2, 0) is 12.8 Å². The summed E-state index contributed by atoms with van der Waals surface area (Å²) in [5.41, 5.74) is 3.35. The zero-order valence-electron chi connectivity index (χ0n) is 13.4. The van der Waals surface area contributed by atoms with Gasteiger partial charge in [0, 0.05) is 5.56 Å². The van der Waals surface area contributed by atoms with Gasteiger partial charge in [0.05, 0.1) is 8.07 Å². The normalized spacial score (nSPS) is 11.4. The molecule has 0 saturated carbocycles. The number of hydrogen-bond donors (Lipinski definition) is 0. The summed E-state index contributed by atoms with van der Waals surface area (Å²) in [6.45, 7) is 8.74. The Morgan fingerprint density at radius 3 is 2.10 bits per heavy atom. The molecule has 0 saturated heterocycles. The second-order valence-corrected chi connectivity index (χ2v) is 11.7. The van der Waals surface area contributed by atoms with E-state index in [0.717, 1.165) is 24.0 Å². The van der Waals surface area contributed by atoms with Crippen LogP contribution in [0.1, 0.15) is 28.4 Å². The van der Waals surface area contributed by atoms with Gasteiger partial charge in [0.1, 0.15) is 0 Å². The SMILES string of the molecule is CC(=O)c1ccccc1CCc1ccc([Si](C)(C)C)cc1. The molecule has 2 aromatic rings. The Bertz CT molecular complexity index is 621. The molecule has 0 fully saturated rings. The number of rotatable bonds is 5. The van der Waals surface area contributed by atoms with Crippen LogP contribution in [0.4, 0.5) is 0 Å². The van der Waals surface area contributed by atoms with Crippen LogP contribution in [0.25, 0.3) is 0 Å². The Kier molecular flexibility index (Phi) is 4.79. The maximum Gasteiger partial charge on any atom is 0.160 e. The lowest BCUT2D eigenvalue weighted by Gasteiger charge is -2.16. The van der Waals surface area contributed by atoms with E-state index in [1.54, 1.807) is 6.92 Å². The van der Waals surface area contributed by atoms with Gasteiger partial charge in [-0.3, -0.25) is 4.79 Å². The maximum absolute atomic E-state index is 11.6. The number of carbonyl (C=O) groups excluding carboxylic acids is 1. The number of Topliss-reactive ketones (excluding diaryl/α,β-unsaturated/α-hetero) is 1. The quantitative estimate of drug-likeness (QED) is 0.596. The van der Waals surface area contributed by atoms with Crippen LogP contribution in [0.5, 0.6) is 0 Å². The number of carbonyl (C=O) groups is 1. The minimum absolute atomic E-state index is 0.152. The lowest BCUT2D eigenvalue weighted by molar-refractivity contribution is 0.101. The number of benzene rings is 2. The molecule has 0 unspecified atom stereocenters. The van der Waals surface area contributed by atoms with Crippen LogP contribution < -0.4 is 5.19 Å². The fraction of sp³-hybridized carbons (Fsp3) is 0.316. The van der Waals surface area contributed by atoms with Crippen molar-refractivity contribution in [2.45, 2.75) is 39.4 Å². The third kappa shape index (κ3) is 4.15. The second kappa shape index (κ2) is 6.40. The summed E-state index contributed by atoms with van der Waals surface area (Å²) in [6, 6.07) is 17.0. The zero-order chi connectivity index (χ0) is 15.5. The number of ketones is 1. The van der Waals surface area contributed by atoms with Crippen molar-refractivity contribution in [3.05, 3.63) is 65.2 Å². The lowest BCUT2D eigenvalue weighted by atomic mass is 9.98. The largest absolute Gasteiger partial charge is 0.295 e. The van der Waals surface area contributed by atoms with E-state index >= 15 is 0 Å². The first-order valence-corrected chi connectivity index (χ1v) is 11.1. The Hall–Kier alpha value is -1.67. The van der Waals surface area contributed by atoms with Crippen LogP contribution in [-0.4, -0.2) is 13.9 Å². The molecular formula is C19H24OSi. The van der Waals surface area contributed by atoms with Crippen LogP contribution in [0.3, 0.4) is 0 Å². The van der Waals surface area contributed by atoms with Crippen molar-refractivity contribution < 1.29 is 4.79 Å². The van der Waals surface area contributed by atoms with Gasteiger partial charge in [-0.2, -0.15) is 0 Å². The highest BCUT2D eigenvalue weighted by atomic mass is 28.3. The van der Waals surface area contributed by atoms with Gasteiger partial charge in [-0.25, -0.2) is 0 Å². The number of hydrogen-bond acceptors (Lipinski definition) is 1. The lowest BCUT2D eigenvalue weighted by Crippen LogP contribution is -2.37. The molecule has 0 heterocycles. The molecule has 2 heteroatoms. The van der Waals surface area contributed by atoms with Gasteiger partial charge >= 0.3 is 0 Å². The average Bonchev–Trinajstić information content (AvgIpc) is 2.45. The van der Waals surface area contributed by atoms with Crippen LogP contribution in [0.15, 0.2) is 48.5 Å². The summed E-state index contributed by atoms with van der Waals surface area (Å²) >= 11 is 0. The van der Waals surface area contributed by atoms with E-state index in [9.17, 15) is 4.79 Å². The molecule has 0 atom stereocenters. The predicted octanol–water partition coefficient (Wildman–Crippen LogP) is 4.22. The first kappa shape index (κ1) is 15.7. The second-order valence-electron chi connectivity index (χ2n) is 6.66. The highest BCUT2D eigenvalue weighted by molar-refractivity contribution is 6.88. The predicted molar refractivity (Wildman–Crippen MR) is 93.3 cm³/mol. The fourth-order valence-electron chi connectivity index (χ4n) is 2.53. The van der Waals surface area contributed by atoms with E-state index in [4.69, 9.17) is 0 Å². The first-order valence-electron chi connectivity index (χ1n) is 7.56. The molecule has 0 aliphatic heterocycles. The Balaban J connectivity index is 2.09. The van der Waals surface area contributed by atoms with Gasteiger partial charge in [-0.15, -0.1) is 0 Å². The molecule has 2 aromatic carbocycles. The van der Waals surface area contributed by atoms with Gasteiger partial charge < -0.3 is 0 Å². The minimum Gasteiger partial charge on any atom is -0.295 e. The zero-order valence-corrected chi connectivity index (χ0v) is 14.4. The molecule has 0 radical (unpaired) electrons. The standard InChI is InChI=1S/C19H24OSi/c1-15(20)19-8-6-5-7-17(19)12-9-16-10-13-18(14-11-16)21(2,3)4/h5-8,10-11,13-14H,9,12H2,1-4H3. The molecule has 0 aromatic heterocycles. The fourth-order valence-corrected chi connectivity index (χ4v) is 3.70. The van der Waals surface area contributed by atoms with Gasteiger partial charge in [0.25, 0.3) is 0 Å². The van der Waals surface area contributed by atoms with E-state index in [1.165, 1.54) is 10.8 Å². The van der Waals surface area contributed by atoms with Crippen molar-refractivity contribution >= 4 is 19.0 Å². The monoisotopic (exact) mass is 296 g/mol. The number of aryl methyl sites for hydroxylation is 2. The molecule has 110 valence electrons.